The van der Waals surface area contributed by atoms with Gasteiger partial charge in [0.25, 0.3) is 11.5 Å². The normalized spacial score (nSPS) is 11.1. The second kappa shape index (κ2) is 7.29. The first-order valence-corrected chi connectivity index (χ1v) is 8.96. The third-order valence-electron chi connectivity index (χ3n) is 4.70. The van der Waals surface area contributed by atoms with Crippen molar-refractivity contribution in [2.45, 2.75) is 33.2 Å². The molecule has 0 fully saturated rings. The molecule has 0 saturated carbocycles. The lowest BCUT2D eigenvalue weighted by molar-refractivity contribution is 0.0992. The van der Waals surface area contributed by atoms with Crippen molar-refractivity contribution in [3.63, 3.8) is 0 Å². The van der Waals surface area contributed by atoms with Crippen LogP contribution in [0.15, 0.2) is 21.9 Å². The van der Waals surface area contributed by atoms with Gasteiger partial charge in [0.1, 0.15) is 5.82 Å². The molecule has 0 bridgehead atoms. The third-order valence-corrected chi connectivity index (χ3v) is 4.70. The van der Waals surface area contributed by atoms with Gasteiger partial charge in [-0.1, -0.05) is 13.3 Å². The first-order valence-electron chi connectivity index (χ1n) is 8.96. The van der Waals surface area contributed by atoms with E-state index in [0.717, 1.165) is 22.4 Å². The van der Waals surface area contributed by atoms with Crippen molar-refractivity contribution < 1.29 is 4.79 Å². The number of aromatic amines is 1. The van der Waals surface area contributed by atoms with Gasteiger partial charge >= 0.3 is 5.69 Å². The van der Waals surface area contributed by atoms with E-state index in [9.17, 15) is 14.4 Å². The minimum atomic E-state index is -0.710. The summed E-state index contributed by atoms with van der Waals surface area (Å²) in [5.41, 5.74) is 6.40. The largest absolute Gasteiger partial charge is 0.383 e. The minimum Gasteiger partial charge on any atom is -0.383 e. The molecule has 148 valence electrons. The molecule has 0 aromatic carbocycles. The number of anilines is 2. The van der Waals surface area contributed by atoms with E-state index in [1.54, 1.807) is 17.8 Å². The van der Waals surface area contributed by atoms with Gasteiger partial charge in [0.05, 0.1) is 11.3 Å². The summed E-state index contributed by atoms with van der Waals surface area (Å²) in [4.78, 5) is 45.1. The van der Waals surface area contributed by atoms with E-state index in [2.05, 4.69) is 15.1 Å². The highest BCUT2D eigenvalue weighted by atomic mass is 16.2. The van der Waals surface area contributed by atoms with Crippen molar-refractivity contribution in [3.05, 3.63) is 44.4 Å². The van der Waals surface area contributed by atoms with Crippen LogP contribution in [0.5, 0.6) is 0 Å². The summed E-state index contributed by atoms with van der Waals surface area (Å²) in [7, 11) is 3.22. The van der Waals surface area contributed by atoms with Crippen molar-refractivity contribution >= 4 is 28.4 Å². The van der Waals surface area contributed by atoms with Crippen LogP contribution >= 0.6 is 0 Å². The molecule has 1 amide bonds. The fourth-order valence-corrected chi connectivity index (χ4v) is 3.16. The van der Waals surface area contributed by atoms with Crippen molar-refractivity contribution in [1.82, 2.24) is 24.3 Å². The van der Waals surface area contributed by atoms with E-state index in [-0.39, 0.29) is 17.1 Å². The summed E-state index contributed by atoms with van der Waals surface area (Å²) in [6.07, 6.45) is 3.00. The fourth-order valence-electron chi connectivity index (χ4n) is 3.16. The first kappa shape index (κ1) is 19.3. The van der Waals surface area contributed by atoms with Crippen LogP contribution in [0.4, 0.5) is 11.5 Å². The molecule has 10 nitrogen and oxygen atoms in total. The summed E-state index contributed by atoms with van der Waals surface area (Å²) >= 11 is 0. The van der Waals surface area contributed by atoms with Crippen LogP contribution in [0.1, 0.15) is 35.8 Å². The summed E-state index contributed by atoms with van der Waals surface area (Å²) in [5, 5.41) is 5.03. The van der Waals surface area contributed by atoms with Gasteiger partial charge in [-0.25, -0.2) is 9.78 Å². The number of H-pyrrole nitrogens is 1. The van der Waals surface area contributed by atoms with Crippen LogP contribution in [0.3, 0.4) is 0 Å². The number of fused-ring (bicyclic) bond motifs is 1. The van der Waals surface area contributed by atoms with Crippen molar-refractivity contribution in [2.24, 2.45) is 7.05 Å². The van der Waals surface area contributed by atoms with Gasteiger partial charge in [-0.3, -0.25) is 23.8 Å². The molecule has 0 saturated heterocycles. The van der Waals surface area contributed by atoms with Crippen LogP contribution in [0.25, 0.3) is 11.0 Å². The average Bonchev–Trinajstić information content (AvgIpc) is 2.94. The number of hydrogen-bond donors (Lipinski definition) is 2. The van der Waals surface area contributed by atoms with Crippen LogP contribution in [0, 0.1) is 6.92 Å². The van der Waals surface area contributed by atoms with Crippen LogP contribution in [-0.4, -0.2) is 37.3 Å². The maximum atomic E-state index is 13.0. The Morgan fingerprint density at radius 1 is 1.36 bits per heavy atom. The van der Waals surface area contributed by atoms with E-state index in [4.69, 9.17) is 5.73 Å². The maximum absolute atomic E-state index is 13.0. The van der Waals surface area contributed by atoms with E-state index < -0.39 is 17.2 Å². The number of nitrogens with one attached hydrogen (secondary N) is 1. The number of carbonyl (C=O) groups is 1. The Bertz CT molecular complexity index is 1170. The summed E-state index contributed by atoms with van der Waals surface area (Å²) < 4.78 is 2.91. The zero-order chi connectivity index (χ0) is 20.6. The smallest absolute Gasteiger partial charge is 0.330 e. The molecule has 0 aliphatic carbocycles. The van der Waals surface area contributed by atoms with Crippen LogP contribution in [-0.2, 0) is 13.6 Å². The second-order valence-corrected chi connectivity index (χ2v) is 6.67. The molecule has 3 aromatic rings. The minimum absolute atomic E-state index is 0.0374. The number of rotatable bonds is 5. The number of carbonyl (C=O) groups excluding carboxylic acids is 1. The van der Waals surface area contributed by atoms with Gasteiger partial charge in [-0.15, -0.1) is 0 Å². The lowest BCUT2D eigenvalue weighted by Crippen LogP contribution is -2.39. The Balaban J connectivity index is 2.05. The molecular formula is C18H23N7O3. The zero-order valence-corrected chi connectivity index (χ0v) is 16.3. The first-order chi connectivity index (χ1) is 13.3. The number of hydrogen-bond acceptors (Lipinski definition) is 6. The van der Waals surface area contributed by atoms with Crippen LogP contribution < -0.4 is 21.9 Å². The lowest BCUT2D eigenvalue weighted by atomic mass is 10.2. The Hall–Kier alpha value is -3.43. The topological polar surface area (TPSA) is 132 Å². The lowest BCUT2D eigenvalue weighted by Gasteiger charge is -2.20. The molecule has 3 aromatic heterocycles. The highest BCUT2D eigenvalue weighted by Crippen LogP contribution is 2.21. The highest BCUT2D eigenvalue weighted by molar-refractivity contribution is 6.08. The maximum Gasteiger partial charge on any atom is 0.330 e. The Labute approximate surface area is 160 Å². The molecule has 0 unspecified atom stereocenters. The number of nitrogens with zero attached hydrogens (tertiary/aromatic N) is 5. The predicted molar refractivity (Wildman–Crippen MR) is 107 cm³/mol. The molecule has 0 aliphatic rings. The number of aryl methyl sites for hydroxylation is 2. The molecular weight excluding hydrogens is 362 g/mol. The zero-order valence-electron chi connectivity index (χ0n) is 16.3. The van der Waals surface area contributed by atoms with Crippen molar-refractivity contribution in [3.8, 4) is 0 Å². The summed E-state index contributed by atoms with van der Waals surface area (Å²) in [6.45, 7) is 4.16. The predicted octanol–water partition coefficient (Wildman–Crippen LogP) is 0.786. The molecule has 3 N–H and O–H groups in total. The Morgan fingerprint density at radius 3 is 2.75 bits per heavy atom. The molecule has 10 heteroatoms. The SMILES string of the molecule is CCCCn1c(N)c(N(C)C(=O)c2cnc3c(c2)c(C)nn3C)c(=O)[nH]c1=O. The van der Waals surface area contributed by atoms with Gasteiger partial charge in [-0.05, 0) is 19.4 Å². The van der Waals surface area contributed by atoms with E-state index in [0.29, 0.717) is 18.6 Å². The Morgan fingerprint density at radius 2 is 2.07 bits per heavy atom. The van der Waals surface area contributed by atoms with Gasteiger partial charge in [0.15, 0.2) is 11.3 Å². The van der Waals surface area contributed by atoms with Gasteiger partial charge in [-0.2, -0.15) is 5.10 Å². The second-order valence-electron chi connectivity index (χ2n) is 6.67. The van der Waals surface area contributed by atoms with E-state index in [1.165, 1.54) is 17.8 Å². The summed E-state index contributed by atoms with van der Waals surface area (Å²) in [6, 6.07) is 1.68. The standard InChI is InChI=1S/C18H23N7O3/c1-5-6-7-25-14(19)13(16(26)21-18(25)28)23(3)17(27)11-8-12-10(2)22-24(4)15(12)20-9-11/h8-9H,5-7,19H2,1-4H3,(H,21,26,28). The molecule has 3 heterocycles. The van der Waals surface area contributed by atoms with Crippen molar-refractivity contribution in [1.29, 1.82) is 0 Å². The van der Waals surface area contributed by atoms with Crippen LogP contribution in [0.2, 0.25) is 0 Å². The molecule has 0 aliphatic heterocycles. The Kier molecular flexibility index (Phi) is 5.04. The number of pyridine rings is 1. The molecule has 0 spiro atoms. The molecule has 3 rings (SSSR count). The van der Waals surface area contributed by atoms with Gasteiger partial charge in [0, 0.05) is 32.2 Å². The molecule has 28 heavy (non-hydrogen) atoms. The van der Waals surface area contributed by atoms with Gasteiger partial charge in [0.2, 0.25) is 0 Å². The molecule has 0 atom stereocenters. The number of aromatic nitrogens is 5. The molecule has 0 radical (unpaired) electrons. The van der Waals surface area contributed by atoms with Gasteiger partial charge < -0.3 is 10.6 Å². The van der Waals surface area contributed by atoms with E-state index >= 15 is 0 Å². The fraction of sp³-hybridized carbons (Fsp3) is 0.389. The van der Waals surface area contributed by atoms with Crippen molar-refractivity contribution in [2.75, 3.05) is 17.7 Å². The number of nitrogen functional groups attached to an aromatic ring is 1. The third kappa shape index (κ3) is 3.17. The quantitative estimate of drug-likeness (QED) is 0.667. The summed E-state index contributed by atoms with van der Waals surface area (Å²) in [5.74, 6) is -0.500. The number of nitrogens with two attached hydrogens (primary N) is 1. The van der Waals surface area contributed by atoms with E-state index in [1.807, 2.05) is 13.8 Å². The number of unbranched alkanes of at least 4 members (excludes halogenated alkanes) is 1. The number of amides is 1. The average molecular weight is 385 g/mol. The highest BCUT2D eigenvalue weighted by Gasteiger charge is 2.23. The monoisotopic (exact) mass is 385 g/mol.